The van der Waals surface area contributed by atoms with E-state index in [4.69, 9.17) is 23.7 Å². The van der Waals surface area contributed by atoms with Crippen molar-refractivity contribution in [2.24, 2.45) is 0 Å². The molecule has 0 saturated carbocycles. The fraction of sp³-hybridized carbons (Fsp3) is 0.333. The lowest BCUT2D eigenvalue weighted by Crippen LogP contribution is -2.48. The molecule has 3 atom stereocenters. The van der Waals surface area contributed by atoms with Crippen molar-refractivity contribution in [1.82, 2.24) is 0 Å². The summed E-state index contributed by atoms with van der Waals surface area (Å²) in [5, 5.41) is 10.8. The summed E-state index contributed by atoms with van der Waals surface area (Å²) in [6.07, 6.45) is -1.03. The van der Waals surface area contributed by atoms with Crippen molar-refractivity contribution in [2.45, 2.75) is 23.4 Å². The third-order valence-electron chi connectivity index (χ3n) is 6.67. The van der Waals surface area contributed by atoms with Crippen LogP contribution in [0.2, 0.25) is 0 Å². The molecular formula is C27H28O6. The predicted molar refractivity (Wildman–Crippen MR) is 123 cm³/mol. The molecule has 2 heterocycles. The number of aliphatic hydroxyl groups is 1. The highest BCUT2D eigenvalue weighted by Crippen LogP contribution is 2.44. The number of benzene rings is 3. The van der Waals surface area contributed by atoms with Crippen molar-refractivity contribution >= 4 is 0 Å². The number of ether oxygens (including phenoxy) is 5. The van der Waals surface area contributed by atoms with Gasteiger partial charge in [0.2, 0.25) is 0 Å². The summed E-state index contributed by atoms with van der Waals surface area (Å²) in [5.41, 5.74) is 0.972. The van der Waals surface area contributed by atoms with Crippen molar-refractivity contribution in [3.8, 4) is 11.5 Å². The summed E-state index contributed by atoms with van der Waals surface area (Å²) in [6.45, 7) is 0.834. The lowest BCUT2D eigenvalue weighted by atomic mass is 9.79. The average molecular weight is 449 g/mol. The zero-order chi connectivity index (χ0) is 22.9. The largest absolute Gasteiger partial charge is 0.497 e. The first-order chi connectivity index (χ1) is 16.1. The summed E-state index contributed by atoms with van der Waals surface area (Å²) >= 11 is 0. The van der Waals surface area contributed by atoms with E-state index < -0.39 is 17.3 Å². The number of rotatable bonds is 8. The van der Waals surface area contributed by atoms with Gasteiger partial charge in [-0.1, -0.05) is 54.6 Å². The third kappa shape index (κ3) is 3.69. The molecule has 2 aliphatic heterocycles. The van der Waals surface area contributed by atoms with Gasteiger partial charge in [0.25, 0.3) is 0 Å². The number of fused-ring (bicyclic) bond motifs is 2. The van der Waals surface area contributed by atoms with Gasteiger partial charge in [-0.3, -0.25) is 0 Å². The molecule has 1 unspecified atom stereocenters. The van der Waals surface area contributed by atoms with Crippen molar-refractivity contribution in [1.29, 1.82) is 0 Å². The van der Waals surface area contributed by atoms with Crippen LogP contribution in [0.5, 0.6) is 11.5 Å². The van der Waals surface area contributed by atoms with E-state index >= 15 is 0 Å². The Bertz CT molecular complexity index is 1010. The van der Waals surface area contributed by atoms with Crippen molar-refractivity contribution < 1.29 is 28.8 Å². The Labute approximate surface area is 193 Å². The Hall–Kier alpha value is -2.90. The first kappa shape index (κ1) is 21.9. The van der Waals surface area contributed by atoms with E-state index in [1.165, 1.54) is 0 Å². The van der Waals surface area contributed by atoms with Gasteiger partial charge in [0.15, 0.2) is 0 Å². The van der Waals surface area contributed by atoms with E-state index in [1.807, 2.05) is 78.9 Å². The van der Waals surface area contributed by atoms with Gasteiger partial charge in [-0.2, -0.15) is 0 Å². The monoisotopic (exact) mass is 448 g/mol. The van der Waals surface area contributed by atoms with Gasteiger partial charge in [0.05, 0.1) is 34.0 Å². The fourth-order valence-corrected chi connectivity index (χ4v) is 4.75. The lowest BCUT2D eigenvalue weighted by Gasteiger charge is -2.39. The number of hydrogen-bond donors (Lipinski definition) is 1. The van der Waals surface area contributed by atoms with Gasteiger partial charge in [0.1, 0.15) is 34.9 Å². The third-order valence-corrected chi connectivity index (χ3v) is 6.67. The second-order valence-corrected chi connectivity index (χ2v) is 8.46. The molecule has 1 N–H and O–H groups in total. The SMILES string of the molecule is COc1ccc(C(OC[C@@]23COC(CO2)[C@H]3O)(c2ccccc2)c2ccc(OC)cc2)cc1. The van der Waals surface area contributed by atoms with Gasteiger partial charge in [-0.25, -0.2) is 0 Å². The fourth-order valence-electron chi connectivity index (χ4n) is 4.75. The molecule has 5 rings (SSSR count). The van der Waals surface area contributed by atoms with Crippen LogP contribution in [0.25, 0.3) is 0 Å². The normalized spacial score (nSPS) is 24.1. The van der Waals surface area contributed by atoms with Crippen LogP contribution in [-0.4, -0.2) is 57.0 Å². The summed E-state index contributed by atoms with van der Waals surface area (Å²) < 4.78 is 29.4. The van der Waals surface area contributed by atoms with E-state index in [-0.39, 0.29) is 12.7 Å². The predicted octanol–water partition coefficient (Wildman–Crippen LogP) is 3.54. The molecule has 33 heavy (non-hydrogen) atoms. The maximum absolute atomic E-state index is 10.8. The Morgan fingerprint density at radius 2 is 1.39 bits per heavy atom. The second kappa shape index (κ2) is 8.80. The topological polar surface area (TPSA) is 66.4 Å². The van der Waals surface area contributed by atoms with Crippen LogP contribution in [0.15, 0.2) is 78.9 Å². The molecule has 2 aliphatic rings. The molecule has 2 bridgehead atoms. The first-order valence-electron chi connectivity index (χ1n) is 11.0. The molecule has 3 aromatic rings. The molecule has 6 heteroatoms. The molecule has 2 saturated heterocycles. The Balaban J connectivity index is 1.65. The van der Waals surface area contributed by atoms with Crippen LogP contribution in [0.4, 0.5) is 0 Å². The van der Waals surface area contributed by atoms with Crippen LogP contribution in [0, 0.1) is 0 Å². The van der Waals surface area contributed by atoms with Crippen LogP contribution >= 0.6 is 0 Å². The van der Waals surface area contributed by atoms with Crippen LogP contribution in [0.3, 0.4) is 0 Å². The molecule has 3 aromatic carbocycles. The quantitative estimate of drug-likeness (QED) is 0.532. The van der Waals surface area contributed by atoms with E-state index in [9.17, 15) is 5.11 Å². The molecule has 0 radical (unpaired) electrons. The lowest BCUT2D eigenvalue weighted by molar-refractivity contribution is -0.154. The standard InChI is InChI=1S/C27H28O6/c1-29-22-12-8-20(9-13-22)27(19-6-4-3-5-7-19,21-10-14-23(30-2)15-11-21)33-18-26-17-31-24(16-32-26)25(26)28/h3-15,24-25,28H,16-18H2,1-2H3/t24?,25-,26-/m1/s1. The van der Waals surface area contributed by atoms with E-state index in [0.717, 1.165) is 28.2 Å². The van der Waals surface area contributed by atoms with E-state index in [1.54, 1.807) is 14.2 Å². The molecule has 2 fully saturated rings. The highest BCUT2D eigenvalue weighted by molar-refractivity contribution is 5.49. The molecule has 0 aromatic heterocycles. The Kier molecular flexibility index (Phi) is 5.85. The zero-order valence-electron chi connectivity index (χ0n) is 18.8. The van der Waals surface area contributed by atoms with Crippen LogP contribution < -0.4 is 9.47 Å². The number of methoxy groups -OCH3 is 2. The molecule has 172 valence electrons. The van der Waals surface area contributed by atoms with Crippen molar-refractivity contribution in [3.63, 3.8) is 0 Å². The molecular weight excluding hydrogens is 420 g/mol. The summed E-state index contributed by atoms with van der Waals surface area (Å²) in [6, 6.07) is 25.8. The van der Waals surface area contributed by atoms with Gasteiger partial charge >= 0.3 is 0 Å². The molecule has 0 amide bonds. The number of aliphatic hydroxyl groups excluding tert-OH is 1. The summed E-state index contributed by atoms with van der Waals surface area (Å²) in [4.78, 5) is 0. The summed E-state index contributed by atoms with van der Waals surface area (Å²) in [7, 11) is 3.29. The second-order valence-electron chi connectivity index (χ2n) is 8.46. The molecule has 0 aliphatic carbocycles. The van der Waals surface area contributed by atoms with Gasteiger partial charge < -0.3 is 28.8 Å². The highest BCUT2D eigenvalue weighted by atomic mass is 16.6. The van der Waals surface area contributed by atoms with E-state index in [2.05, 4.69) is 0 Å². The first-order valence-corrected chi connectivity index (χ1v) is 11.0. The van der Waals surface area contributed by atoms with Crippen molar-refractivity contribution in [2.75, 3.05) is 34.0 Å². The van der Waals surface area contributed by atoms with Crippen LogP contribution in [0.1, 0.15) is 16.7 Å². The van der Waals surface area contributed by atoms with Crippen molar-refractivity contribution in [3.05, 3.63) is 95.6 Å². The Morgan fingerprint density at radius 3 is 1.82 bits per heavy atom. The zero-order valence-corrected chi connectivity index (χ0v) is 18.8. The van der Waals surface area contributed by atoms with E-state index in [0.29, 0.717) is 13.2 Å². The minimum absolute atomic E-state index is 0.164. The summed E-state index contributed by atoms with van der Waals surface area (Å²) in [5.74, 6) is 1.52. The maximum atomic E-state index is 10.8. The highest BCUT2D eigenvalue weighted by Gasteiger charge is 2.57. The van der Waals surface area contributed by atoms with Gasteiger partial charge in [0, 0.05) is 0 Å². The molecule has 0 spiro atoms. The minimum Gasteiger partial charge on any atom is -0.497 e. The van der Waals surface area contributed by atoms with Gasteiger partial charge in [-0.15, -0.1) is 0 Å². The Morgan fingerprint density at radius 1 is 0.848 bits per heavy atom. The smallest absolute Gasteiger partial charge is 0.143 e. The average Bonchev–Trinajstić information content (AvgIpc) is 3.37. The van der Waals surface area contributed by atoms with Gasteiger partial charge in [-0.05, 0) is 41.0 Å². The minimum atomic E-state index is -0.960. The van der Waals surface area contributed by atoms with Crippen LogP contribution in [-0.2, 0) is 19.8 Å². The molecule has 6 nitrogen and oxygen atoms in total. The number of hydrogen-bond acceptors (Lipinski definition) is 6. The maximum Gasteiger partial charge on any atom is 0.143 e.